The van der Waals surface area contributed by atoms with Crippen LogP contribution in [0.4, 0.5) is 0 Å². The van der Waals surface area contributed by atoms with Gasteiger partial charge in [0.25, 0.3) is 0 Å². The van der Waals surface area contributed by atoms with Gasteiger partial charge in [0, 0.05) is 0 Å². The van der Waals surface area contributed by atoms with Crippen molar-refractivity contribution in [1.29, 1.82) is 0 Å². The summed E-state index contributed by atoms with van der Waals surface area (Å²) in [5, 5.41) is 0. The summed E-state index contributed by atoms with van der Waals surface area (Å²) in [4.78, 5) is 0. The Bertz CT molecular complexity index is 6.85. The van der Waals surface area contributed by atoms with E-state index in [9.17, 15) is 0 Å². The van der Waals surface area contributed by atoms with Gasteiger partial charge in [-0.2, -0.15) is 6.42 Å². The van der Waals surface area contributed by atoms with E-state index in [2.05, 4.69) is 6.92 Å². The summed E-state index contributed by atoms with van der Waals surface area (Å²) in [7, 11) is 0. The van der Waals surface area contributed by atoms with Crippen molar-refractivity contribution in [3.05, 3.63) is 6.92 Å². The molecular formula is C3H8Mg. The molecular weight excluding hydrogens is 60.3 g/mol. The van der Waals surface area contributed by atoms with Crippen molar-refractivity contribution in [1.82, 2.24) is 0 Å². The summed E-state index contributed by atoms with van der Waals surface area (Å²) in [6, 6.07) is 0. The van der Waals surface area contributed by atoms with Gasteiger partial charge in [-0.3, -0.25) is 0 Å². The fourth-order valence-electron chi connectivity index (χ4n) is 0. The molecule has 0 N–H and O–H groups in total. The molecule has 0 fully saturated rings. The molecule has 0 amide bonds. The van der Waals surface area contributed by atoms with E-state index in [1.54, 1.807) is 0 Å². The maximum absolute atomic E-state index is 3.49. The minimum atomic E-state index is 0. The summed E-state index contributed by atoms with van der Waals surface area (Å²) < 4.78 is 0. The summed E-state index contributed by atoms with van der Waals surface area (Å²) >= 11 is 0. The molecule has 0 bridgehead atoms. The largest absolute Gasteiger partial charge is 2.00 e. The Morgan fingerprint density at radius 3 is 2.00 bits per heavy atom. The van der Waals surface area contributed by atoms with Crippen molar-refractivity contribution in [3.8, 4) is 0 Å². The van der Waals surface area contributed by atoms with Gasteiger partial charge in [-0.15, -0.1) is 0 Å². The minimum absolute atomic E-state index is 0. The van der Waals surface area contributed by atoms with E-state index in [1.165, 1.54) is 0 Å². The molecule has 22 valence electrons. The standard InChI is InChI=1S/C3H7.Mg.H/c1-3-2;;/h1,3H2,2H3;;/q-1;+2;-1. The van der Waals surface area contributed by atoms with Gasteiger partial charge in [0.2, 0.25) is 0 Å². The Balaban J connectivity index is -0.0000000200. The van der Waals surface area contributed by atoms with Gasteiger partial charge in [0.15, 0.2) is 0 Å². The van der Waals surface area contributed by atoms with Gasteiger partial charge in [-0.05, 0) is 0 Å². The van der Waals surface area contributed by atoms with E-state index in [-0.39, 0.29) is 24.5 Å². The van der Waals surface area contributed by atoms with Gasteiger partial charge < -0.3 is 8.35 Å². The molecule has 0 aromatic rings. The third kappa shape index (κ3) is 14.7. The first-order valence-electron chi connectivity index (χ1n) is 1.21. The summed E-state index contributed by atoms with van der Waals surface area (Å²) in [5.74, 6) is 0. The monoisotopic (exact) mass is 68.0 g/mol. The van der Waals surface area contributed by atoms with Gasteiger partial charge in [-0.25, -0.2) is 0 Å². The van der Waals surface area contributed by atoms with Crippen molar-refractivity contribution in [2.45, 2.75) is 13.3 Å². The second-order valence-electron chi connectivity index (χ2n) is 0.500. The molecule has 0 unspecified atom stereocenters. The Labute approximate surface area is 45.2 Å². The Kier molecular flexibility index (Phi) is 20.4. The topological polar surface area (TPSA) is 0 Å². The molecule has 0 spiro atoms. The molecule has 1 heteroatoms. The van der Waals surface area contributed by atoms with Crippen molar-refractivity contribution in [2.24, 2.45) is 0 Å². The van der Waals surface area contributed by atoms with Crippen LogP contribution in [0.1, 0.15) is 14.8 Å². The van der Waals surface area contributed by atoms with Crippen LogP contribution in [0.3, 0.4) is 0 Å². The van der Waals surface area contributed by atoms with Crippen molar-refractivity contribution >= 4 is 23.1 Å². The second-order valence-corrected chi connectivity index (χ2v) is 0.500. The molecule has 0 saturated carbocycles. The zero-order valence-corrected chi connectivity index (χ0v) is 4.54. The van der Waals surface area contributed by atoms with Crippen LogP contribution in [0.25, 0.3) is 0 Å². The van der Waals surface area contributed by atoms with Crippen LogP contribution < -0.4 is 0 Å². The second kappa shape index (κ2) is 9.24. The fourth-order valence-corrected chi connectivity index (χ4v) is 0. The Morgan fingerprint density at radius 2 is 2.00 bits per heavy atom. The molecule has 0 aliphatic rings. The molecule has 0 saturated heterocycles. The summed E-state index contributed by atoms with van der Waals surface area (Å²) in [5.41, 5.74) is 0. The molecule has 0 aromatic carbocycles. The predicted molar refractivity (Wildman–Crippen MR) is 22.5 cm³/mol. The number of hydrogen-bond donors (Lipinski definition) is 0. The number of rotatable bonds is 0. The third-order valence-electron chi connectivity index (χ3n) is 0. The molecule has 0 nitrogen and oxygen atoms in total. The fraction of sp³-hybridized carbons (Fsp3) is 0.667. The minimum Gasteiger partial charge on any atom is -1.00 e. The first-order valence-corrected chi connectivity index (χ1v) is 1.21. The van der Waals surface area contributed by atoms with Crippen LogP contribution in [0.2, 0.25) is 0 Å². The van der Waals surface area contributed by atoms with E-state index >= 15 is 0 Å². The quantitative estimate of drug-likeness (QED) is 0.293. The molecule has 4 heavy (non-hydrogen) atoms. The van der Waals surface area contributed by atoms with Gasteiger partial charge in [0.1, 0.15) is 0 Å². The van der Waals surface area contributed by atoms with Gasteiger partial charge >= 0.3 is 23.1 Å². The van der Waals surface area contributed by atoms with Crippen LogP contribution in [0.5, 0.6) is 0 Å². The smallest absolute Gasteiger partial charge is 1.00 e. The molecule has 0 atom stereocenters. The van der Waals surface area contributed by atoms with E-state index in [0.717, 1.165) is 6.42 Å². The van der Waals surface area contributed by atoms with E-state index in [1.807, 2.05) is 6.92 Å². The normalized spacial score (nSPS) is 4.50. The van der Waals surface area contributed by atoms with Crippen molar-refractivity contribution in [2.75, 3.05) is 0 Å². The van der Waals surface area contributed by atoms with E-state index < -0.39 is 0 Å². The third-order valence-corrected chi connectivity index (χ3v) is 0. The maximum Gasteiger partial charge on any atom is 2.00 e. The maximum atomic E-state index is 3.49. The molecule has 0 radical (unpaired) electrons. The van der Waals surface area contributed by atoms with E-state index in [0.29, 0.717) is 0 Å². The van der Waals surface area contributed by atoms with Gasteiger partial charge in [-0.1, -0.05) is 6.92 Å². The van der Waals surface area contributed by atoms with Crippen LogP contribution in [-0.4, -0.2) is 23.1 Å². The average Bonchev–Trinajstić information content (AvgIpc) is 0.918. The zero-order chi connectivity index (χ0) is 2.71. The predicted octanol–water partition coefficient (Wildman–Crippen LogP) is 0.962. The van der Waals surface area contributed by atoms with E-state index in [4.69, 9.17) is 0 Å². The Morgan fingerprint density at radius 1 is 2.00 bits per heavy atom. The first-order chi connectivity index (χ1) is 1.41. The molecule has 0 aliphatic carbocycles. The summed E-state index contributed by atoms with van der Waals surface area (Å²) in [6.07, 6.45) is 1.00. The van der Waals surface area contributed by atoms with Crippen molar-refractivity contribution < 1.29 is 1.43 Å². The first kappa shape index (κ1) is 8.84. The van der Waals surface area contributed by atoms with Crippen LogP contribution in [0, 0.1) is 6.92 Å². The van der Waals surface area contributed by atoms with Gasteiger partial charge in [0.05, 0.1) is 0 Å². The molecule has 0 heterocycles. The van der Waals surface area contributed by atoms with Crippen LogP contribution in [-0.2, 0) is 0 Å². The molecule has 0 aliphatic heterocycles. The molecule has 0 rings (SSSR count). The zero-order valence-electron chi connectivity index (χ0n) is 4.12. The Hall–Kier alpha value is 0.766. The summed E-state index contributed by atoms with van der Waals surface area (Å²) in [6.45, 7) is 5.50. The number of hydrogen-bond acceptors (Lipinski definition) is 0. The average molecular weight is 68.4 g/mol. The molecule has 0 aromatic heterocycles. The van der Waals surface area contributed by atoms with Crippen molar-refractivity contribution in [3.63, 3.8) is 0 Å². The SMILES string of the molecule is [CH2-]CC.[H-].[Mg+2]. The van der Waals surface area contributed by atoms with Crippen LogP contribution >= 0.6 is 0 Å². The van der Waals surface area contributed by atoms with Crippen LogP contribution in [0.15, 0.2) is 0 Å².